The zero-order chi connectivity index (χ0) is 9.14. The van der Waals surface area contributed by atoms with Crippen molar-refractivity contribution in [3.63, 3.8) is 0 Å². The molecule has 2 heteroatoms. The summed E-state index contributed by atoms with van der Waals surface area (Å²) in [5.74, 6) is 0. The summed E-state index contributed by atoms with van der Waals surface area (Å²) in [4.78, 5) is 11.0. The van der Waals surface area contributed by atoms with E-state index in [0.717, 1.165) is 12.1 Å². The lowest BCUT2D eigenvalue weighted by Gasteiger charge is -2.15. The maximum Gasteiger partial charge on any atom is 0.181 e. The van der Waals surface area contributed by atoms with E-state index in [4.69, 9.17) is 0 Å². The summed E-state index contributed by atoms with van der Waals surface area (Å²) in [6.45, 7) is 6.29. The number of nitrogens with zero attached hydrogens (tertiary/aromatic N) is 1. The zero-order valence-corrected chi connectivity index (χ0v) is 7.87. The normalized spacial score (nSPS) is 10.7. The van der Waals surface area contributed by atoms with Crippen molar-refractivity contribution in [3.05, 3.63) is 34.2 Å². The summed E-state index contributed by atoms with van der Waals surface area (Å²) >= 11 is 0. The predicted octanol–water partition coefficient (Wildman–Crippen LogP) is 1.99. The molecule has 0 aliphatic heterocycles. The molecule has 0 aliphatic rings. The van der Waals surface area contributed by atoms with Crippen LogP contribution in [0.1, 0.15) is 32.5 Å². The van der Waals surface area contributed by atoms with E-state index in [1.165, 1.54) is 0 Å². The van der Waals surface area contributed by atoms with Gasteiger partial charge in [-0.3, -0.25) is 4.79 Å². The minimum Gasteiger partial charge on any atom is -0.349 e. The van der Waals surface area contributed by atoms with Gasteiger partial charge in [-0.25, -0.2) is 0 Å². The molecule has 1 aromatic heterocycles. The summed E-state index contributed by atoms with van der Waals surface area (Å²) in [5, 5.41) is 0. The number of aromatic nitrogens is 1. The topological polar surface area (TPSA) is 22.0 Å². The molecule has 1 aromatic rings. The van der Waals surface area contributed by atoms with Crippen molar-refractivity contribution in [2.45, 2.75) is 33.2 Å². The van der Waals surface area contributed by atoms with Gasteiger partial charge in [-0.05, 0) is 20.3 Å². The smallest absolute Gasteiger partial charge is 0.181 e. The van der Waals surface area contributed by atoms with Gasteiger partial charge >= 0.3 is 0 Å². The maximum atomic E-state index is 11.0. The second-order valence-corrected chi connectivity index (χ2v) is 3.21. The minimum absolute atomic E-state index is 0.101. The van der Waals surface area contributed by atoms with E-state index in [9.17, 15) is 4.79 Å². The van der Waals surface area contributed by atoms with Gasteiger partial charge in [0.25, 0.3) is 0 Å². The highest BCUT2D eigenvalue weighted by Crippen LogP contribution is 2.07. The van der Waals surface area contributed by atoms with Crippen molar-refractivity contribution >= 4 is 0 Å². The third kappa shape index (κ3) is 1.76. The molecule has 1 heterocycles. The number of aryl methyl sites for hydroxylation is 1. The van der Waals surface area contributed by atoms with E-state index < -0.39 is 0 Å². The van der Waals surface area contributed by atoms with Crippen molar-refractivity contribution in [1.29, 1.82) is 0 Å². The molecule has 12 heavy (non-hydrogen) atoms. The molecule has 0 saturated carbocycles. The molecule has 0 saturated heterocycles. The Labute approximate surface area is 72.8 Å². The standard InChI is InChI=1S/C10H15NO/c1-4-9-7-10(12)5-6-11(9)8(2)3/h5-8H,4H2,1-3H3. The Balaban J connectivity index is 3.20. The highest BCUT2D eigenvalue weighted by Gasteiger charge is 2.00. The van der Waals surface area contributed by atoms with E-state index in [1.54, 1.807) is 12.1 Å². The fourth-order valence-electron chi connectivity index (χ4n) is 1.32. The van der Waals surface area contributed by atoms with Gasteiger partial charge < -0.3 is 4.57 Å². The molecule has 66 valence electrons. The molecule has 0 amide bonds. The minimum atomic E-state index is 0.101. The van der Waals surface area contributed by atoms with Crippen LogP contribution < -0.4 is 5.43 Å². The molecule has 0 aliphatic carbocycles. The Kier molecular flexibility index (Phi) is 2.69. The molecule has 0 fully saturated rings. The van der Waals surface area contributed by atoms with Crippen molar-refractivity contribution in [2.24, 2.45) is 0 Å². The van der Waals surface area contributed by atoms with Crippen LogP contribution in [0, 0.1) is 0 Å². The number of hydrogen-bond acceptors (Lipinski definition) is 1. The van der Waals surface area contributed by atoms with Gasteiger partial charge in [-0.15, -0.1) is 0 Å². The van der Waals surface area contributed by atoms with Crippen LogP contribution >= 0.6 is 0 Å². The zero-order valence-electron chi connectivity index (χ0n) is 7.87. The van der Waals surface area contributed by atoms with Gasteiger partial charge in [-0.2, -0.15) is 0 Å². The number of rotatable bonds is 2. The quantitative estimate of drug-likeness (QED) is 0.657. The lowest BCUT2D eigenvalue weighted by Crippen LogP contribution is -2.12. The van der Waals surface area contributed by atoms with Crippen LogP contribution in [0.15, 0.2) is 23.1 Å². The third-order valence-electron chi connectivity index (χ3n) is 1.96. The van der Waals surface area contributed by atoms with Crippen LogP contribution in [0.2, 0.25) is 0 Å². The second-order valence-electron chi connectivity index (χ2n) is 3.21. The molecule has 1 rings (SSSR count). The molecule has 2 nitrogen and oxygen atoms in total. The Morgan fingerprint density at radius 2 is 2.17 bits per heavy atom. The molecular weight excluding hydrogens is 150 g/mol. The molecule has 0 aromatic carbocycles. The Morgan fingerprint density at radius 1 is 1.50 bits per heavy atom. The van der Waals surface area contributed by atoms with Gasteiger partial charge in [0, 0.05) is 30.1 Å². The van der Waals surface area contributed by atoms with E-state index in [2.05, 4.69) is 25.3 Å². The van der Waals surface area contributed by atoms with Crippen molar-refractivity contribution in [1.82, 2.24) is 4.57 Å². The van der Waals surface area contributed by atoms with Crippen molar-refractivity contribution in [3.8, 4) is 0 Å². The first-order valence-corrected chi connectivity index (χ1v) is 4.36. The first-order chi connectivity index (χ1) is 5.65. The highest BCUT2D eigenvalue weighted by molar-refractivity contribution is 5.07. The molecule has 0 spiro atoms. The summed E-state index contributed by atoms with van der Waals surface area (Å²) in [5.41, 5.74) is 1.21. The van der Waals surface area contributed by atoms with E-state index in [1.807, 2.05) is 6.20 Å². The van der Waals surface area contributed by atoms with Gasteiger partial charge in [-0.1, -0.05) is 6.92 Å². The summed E-state index contributed by atoms with van der Waals surface area (Å²) in [7, 11) is 0. The summed E-state index contributed by atoms with van der Waals surface area (Å²) in [6.07, 6.45) is 2.78. The highest BCUT2D eigenvalue weighted by atomic mass is 16.1. The van der Waals surface area contributed by atoms with Gasteiger partial charge in [0.1, 0.15) is 0 Å². The Bertz CT molecular complexity index is 312. The van der Waals surface area contributed by atoms with Gasteiger partial charge in [0.2, 0.25) is 0 Å². The average molecular weight is 165 g/mol. The third-order valence-corrected chi connectivity index (χ3v) is 1.96. The lowest BCUT2D eigenvalue weighted by molar-refractivity contribution is 0.569. The molecule has 0 N–H and O–H groups in total. The Morgan fingerprint density at radius 3 is 2.67 bits per heavy atom. The van der Waals surface area contributed by atoms with Crippen molar-refractivity contribution < 1.29 is 0 Å². The molecule has 0 unspecified atom stereocenters. The van der Waals surface area contributed by atoms with Crippen LogP contribution in [-0.4, -0.2) is 4.57 Å². The van der Waals surface area contributed by atoms with Crippen LogP contribution in [0.25, 0.3) is 0 Å². The first-order valence-electron chi connectivity index (χ1n) is 4.36. The molecule has 0 atom stereocenters. The molecule has 0 radical (unpaired) electrons. The fraction of sp³-hybridized carbons (Fsp3) is 0.500. The van der Waals surface area contributed by atoms with Crippen LogP contribution in [0.3, 0.4) is 0 Å². The predicted molar refractivity (Wildman–Crippen MR) is 50.5 cm³/mol. The van der Waals surface area contributed by atoms with Crippen LogP contribution in [0.5, 0.6) is 0 Å². The largest absolute Gasteiger partial charge is 0.349 e. The summed E-state index contributed by atoms with van der Waals surface area (Å²) in [6, 6.07) is 3.75. The molecular formula is C10H15NO. The SMILES string of the molecule is CCc1cc(=O)ccn1C(C)C. The number of pyridine rings is 1. The van der Waals surface area contributed by atoms with Crippen LogP contribution in [0.4, 0.5) is 0 Å². The average Bonchev–Trinajstić information content (AvgIpc) is 2.03. The van der Waals surface area contributed by atoms with Crippen molar-refractivity contribution in [2.75, 3.05) is 0 Å². The van der Waals surface area contributed by atoms with Gasteiger partial charge in [0.05, 0.1) is 0 Å². The van der Waals surface area contributed by atoms with Crippen LogP contribution in [-0.2, 0) is 6.42 Å². The first kappa shape index (κ1) is 9.04. The summed E-state index contributed by atoms with van der Waals surface area (Å²) < 4.78 is 2.13. The lowest BCUT2D eigenvalue weighted by atomic mass is 10.2. The Hall–Kier alpha value is -1.05. The van der Waals surface area contributed by atoms with E-state index in [0.29, 0.717) is 6.04 Å². The van der Waals surface area contributed by atoms with E-state index in [-0.39, 0.29) is 5.43 Å². The van der Waals surface area contributed by atoms with E-state index >= 15 is 0 Å². The molecule has 0 bridgehead atoms. The van der Waals surface area contributed by atoms with Gasteiger partial charge in [0.15, 0.2) is 5.43 Å². The monoisotopic (exact) mass is 165 g/mol. The fourth-order valence-corrected chi connectivity index (χ4v) is 1.32. The number of hydrogen-bond donors (Lipinski definition) is 0. The second kappa shape index (κ2) is 3.57. The maximum absolute atomic E-state index is 11.0.